The van der Waals surface area contributed by atoms with Crippen molar-refractivity contribution in [3.05, 3.63) is 42.7 Å². The number of hydrogen-bond acceptors (Lipinski definition) is 7. The molecule has 5 heterocycles. The van der Waals surface area contributed by atoms with Gasteiger partial charge in [0, 0.05) is 37.6 Å². The van der Waals surface area contributed by atoms with Gasteiger partial charge >= 0.3 is 0 Å². The Kier molecular flexibility index (Phi) is 5.90. The Morgan fingerprint density at radius 3 is 2.91 bits per heavy atom. The van der Waals surface area contributed by atoms with Crippen LogP contribution in [0.1, 0.15) is 25.3 Å². The summed E-state index contributed by atoms with van der Waals surface area (Å²) in [6, 6.07) is 4.00. The zero-order valence-corrected chi connectivity index (χ0v) is 18.8. The average molecular weight is 456 g/mol. The molecule has 0 radical (unpaired) electrons. The number of morpholine rings is 1. The van der Waals surface area contributed by atoms with Gasteiger partial charge in [-0.2, -0.15) is 14.9 Å². The summed E-state index contributed by atoms with van der Waals surface area (Å²) < 4.78 is 21.1. The van der Waals surface area contributed by atoms with Crippen LogP contribution >= 0.6 is 0 Å². The molecular weight excluding hydrogens is 425 g/mol. The van der Waals surface area contributed by atoms with E-state index < -0.39 is 11.8 Å². The summed E-state index contributed by atoms with van der Waals surface area (Å²) in [5.74, 6) is 1.50. The second kappa shape index (κ2) is 8.85. The summed E-state index contributed by atoms with van der Waals surface area (Å²) in [4.78, 5) is 9.21. The number of rotatable bonds is 6. The molecule has 176 valence electrons. The number of piperidine rings is 1. The number of aromatic amines is 1. The van der Waals surface area contributed by atoms with Gasteiger partial charge < -0.3 is 14.7 Å². The number of fused-ring (bicyclic) bond motifs is 1. The highest BCUT2D eigenvalue weighted by molar-refractivity contribution is 5.83. The zero-order chi connectivity index (χ0) is 23.0. The number of nitrogens with zero attached hydrogens (tertiary/aromatic N) is 6. The number of pyridine rings is 1. The number of anilines is 1. The lowest BCUT2D eigenvalue weighted by Crippen LogP contribution is -2.45. The van der Waals surface area contributed by atoms with Gasteiger partial charge in [0.2, 0.25) is 0 Å². The predicted molar refractivity (Wildman–Crippen MR) is 123 cm³/mol. The Morgan fingerprint density at radius 1 is 1.39 bits per heavy atom. The van der Waals surface area contributed by atoms with Gasteiger partial charge in [-0.15, -0.1) is 6.58 Å². The van der Waals surface area contributed by atoms with Crippen molar-refractivity contribution in [2.24, 2.45) is 0 Å². The van der Waals surface area contributed by atoms with Gasteiger partial charge in [-0.25, -0.2) is 9.37 Å². The molecule has 0 aromatic carbocycles. The molecule has 0 aliphatic carbocycles. The van der Waals surface area contributed by atoms with E-state index in [4.69, 9.17) is 9.72 Å². The topological polar surface area (TPSA) is 95.3 Å². The first-order valence-corrected chi connectivity index (χ1v) is 11.4. The number of aliphatic hydroxyl groups is 1. The first-order valence-electron chi connectivity index (χ1n) is 11.4. The molecule has 0 bridgehead atoms. The van der Waals surface area contributed by atoms with E-state index in [2.05, 4.69) is 33.7 Å². The number of alkyl halides is 1. The number of hydrogen-bond donors (Lipinski definition) is 2. The first-order chi connectivity index (χ1) is 16.0. The van der Waals surface area contributed by atoms with E-state index >= 15 is 0 Å². The van der Waals surface area contributed by atoms with Crippen molar-refractivity contribution in [2.45, 2.75) is 37.6 Å². The molecule has 0 spiro atoms. The number of aromatic nitrogens is 5. The largest absolute Gasteiger partial charge is 0.385 e. The third kappa shape index (κ3) is 4.14. The summed E-state index contributed by atoms with van der Waals surface area (Å²) in [6.45, 7) is 9.14. The lowest BCUT2D eigenvalue weighted by molar-refractivity contribution is -0.0274. The SMILES string of the molecule is C=CC(F)CN1CCC(O)(c2cc(N3CCOC[C@H]3C)nc3c2cnn3-c2ccn[nH]2)CC1. The molecule has 9 nitrogen and oxygen atoms in total. The Hall–Kier alpha value is -2.82. The summed E-state index contributed by atoms with van der Waals surface area (Å²) in [7, 11) is 0. The maximum absolute atomic E-state index is 13.8. The average Bonchev–Trinajstić information content (AvgIpc) is 3.50. The second-order valence-electron chi connectivity index (χ2n) is 8.96. The van der Waals surface area contributed by atoms with Crippen LogP contribution in [0, 0.1) is 0 Å². The zero-order valence-electron chi connectivity index (χ0n) is 18.8. The summed E-state index contributed by atoms with van der Waals surface area (Å²) in [6.07, 6.45) is 4.69. The lowest BCUT2D eigenvalue weighted by atomic mass is 9.83. The summed E-state index contributed by atoms with van der Waals surface area (Å²) in [5.41, 5.74) is 0.424. The van der Waals surface area contributed by atoms with Crippen LogP contribution in [0.25, 0.3) is 16.9 Å². The van der Waals surface area contributed by atoms with E-state index in [0.29, 0.717) is 57.2 Å². The van der Waals surface area contributed by atoms with E-state index in [1.165, 1.54) is 6.08 Å². The molecular formula is C23H30FN7O2. The van der Waals surface area contributed by atoms with Crippen molar-refractivity contribution in [2.75, 3.05) is 44.3 Å². The van der Waals surface area contributed by atoms with Crippen molar-refractivity contribution in [1.29, 1.82) is 0 Å². The lowest BCUT2D eigenvalue weighted by Gasteiger charge is -2.40. The Labute approximate surface area is 191 Å². The number of likely N-dealkylation sites (tertiary alicyclic amines) is 1. The molecule has 33 heavy (non-hydrogen) atoms. The highest BCUT2D eigenvalue weighted by atomic mass is 19.1. The fourth-order valence-electron chi connectivity index (χ4n) is 4.83. The molecule has 5 rings (SSSR count). The predicted octanol–water partition coefficient (Wildman–Crippen LogP) is 2.18. The Morgan fingerprint density at radius 2 is 2.21 bits per heavy atom. The van der Waals surface area contributed by atoms with Gasteiger partial charge in [-0.1, -0.05) is 6.08 Å². The molecule has 0 amide bonds. The van der Waals surface area contributed by atoms with E-state index in [0.717, 1.165) is 23.3 Å². The van der Waals surface area contributed by atoms with Gasteiger partial charge in [-0.05, 0) is 31.4 Å². The molecule has 1 unspecified atom stereocenters. The fraction of sp³-hybridized carbons (Fsp3) is 0.522. The van der Waals surface area contributed by atoms with E-state index in [1.807, 2.05) is 17.0 Å². The molecule has 0 saturated carbocycles. The van der Waals surface area contributed by atoms with Crippen LogP contribution in [-0.4, -0.2) is 86.6 Å². The van der Waals surface area contributed by atoms with Crippen LogP contribution in [-0.2, 0) is 10.3 Å². The molecule has 10 heteroatoms. The fourth-order valence-corrected chi connectivity index (χ4v) is 4.83. The highest BCUT2D eigenvalue weighted by Crippen LogP contribution is 2.39. The van der Waals surface area contributed by atoms with Crippen LogP contribution in [0.2, 0.25) is 0 Å². The second-order valence-corrected chi connectivity index (χ2v) is 8.96. The van der Waals surface area contributed by atoms with Crippen LogP contribution in [0.3, 0.4) is 0 Å². The number of ether oxygens (including phenoxy) is 1. The van der Waals surface area contributed by atoms with Crippen molar-refractivity contribution in [3.63, 3.8) is 0 Å². The van der Waals surface area contributed by atoms with E-state index in [-0.39, 0.29) is 6.04 Å². The van der Waals surface area contributed by atoms with Gasteiger partial charge in [0.25, 0.3) is 0 Å². The smallest absolute Gasteiger partial charge is 0.167 e. The van der Waals surface area contributed by atoms with Crippen LogP contribution in [0.15, 0.2) is 37.2 Å². The molecule has 2 fully saturated rings. The van der Waals surface area contributed by atoms with Crippen LogP contribution in [0.5, 0.6) is 0 Å². The third-order valence-electron chi connectivity index (χ3n) is 6.78. The molecule has 2 aliphatic heterocycles. The van der Waals surface area contributed by atoms with Gasteiger partial charge in [-0.3, -0.25) is 10.00 Å². The Balaban J connectivity index is 1.55. The molecule has 2 saturated heterocycles. The maximum Gasteiger partial charge on any atom is 0.167 e. The normalized spacial score (nSPS) is 22.5. The van der Waals surface area contributed by atoms with E-state index in [1.54, 1.807) is 17.1 Å². The standard InChI is InChI=1S/C23H30FN7O2/c1-3-17(24)14-29-8-5-23(32,6-9-29)19-12-21(30-10-11-33-15-16(30)2)27-22-18(19)13-26-31(22)20-4-7-25-28-20/h3-4,7,12-13,16-17,32H,1,5-6,8-11,14-15H2,2H3,(H,25,28)/t16-,17?/m1/s1. The van der Waals surface area contributed by atoms with Crippen molar-refractivity contribution >= 4 is 16.9 Å². The van der Waals surface area contributed by atoms with Gasteiger partial charge in [0.15, 0.2) is 11.5 Å². The minimum absolute atomic E-state index is 0.164. The first kappa shape index (κ1) is 22.0. The molecule has 2 aliphatic rings. The molecule has 2 atom stereocenters. The number of nitrogens with one attached hydrogen (secondary N) is 1. The summed E-state index contributed by atoms with van der Waals surface area (Å²) in [5, 5.41) is 24.1. The van der Waals surface area contributed by atoms with Crippen molar-refractivity contribution in [3.8, 4) is 5.82 Å². The maximum atomic E-state index is 13.8. The van der Waals surface area contributed by atoms with Gasteiger partial charge in [0.05, 0.1) is 37.3 Å². The summed E-state index contributed by atoms with van der Waals surface area (Å²) >= 11 is 0. The van der Waals surface area contributed by atoms with Crippen molar-refractivity contribution < 1.29 is 14.2 Å². The Bertz CT molecular complexity index is 1110. The number of H-pyrrole nitrogens is 1. The monoisotopic (exact) mass is 455 g/mol. The van der Waals surface area contributed by atoms with Crippen LogP contribution in [0.4, 0.5) is 10.2 Å². The minimum Gasteiger partial charge on any atom is -0.385 e. The third-order valence-corrected chi connectivity index (χ3v) is 6.78. The minimum atomic E-state index is -1.06. The highest BCUT2D eigenvalue weighted by Gasteiger charge is 2.37. The quantitative estimate of drug-likeness (QED) is 0.550. The molecule has 3 aromatic heterocycles. The number of halogens is 1. The van der Waals surface area contributed by atoms with Gasteiger partial charge in [0.1, 0.15) is 12.0 Å². The van der Waals surface area contributed by atoms with E-state index in [9.17, 15) is 9.50 Å². The molecule has 3 aromatic rings. The molecule has 2 N–H and O–H groups in total. The van der Waals surface area contributed by atoms with Crippen LogP contribution < -0.4 is 4.90 Å². The van der Waals surface area contributed by atoms with Crippen molar-refractivity contribution in [1.82, 2.24) is 29.9 Å².